The van der Waals surface area contributed by atoms with Gasteiger partial charge in [-0.05, 0) is 19.8 Å². The Morgan fingerprint density at radius 1 is 1.46 bits per heavy atom. The zero-order chi connectivity index (χ0) is 10.7. The van der Waals surface area contributed by atoms with Gasteiger partial charge in [-0.2, -0.15) is 0 Å². The molecule has 72 valence electrons. The molecule has 0 radical (unpaired) electrons. The molecule has 0 aromatic rings. The van der Waals surface area contributed by atoms with Crippen molar-refractivity contribution in [3.63, 3.8) is 0 Å². The van der Waals surface area contributed by atoms with Crippen LogP contribution in [0.5, 0.6) is 0 Å². The Morgan fingerprint density at radius 2 is 1.92 bits per heavy atom. The van der Waals surface area contributed by atoms with E-state index in [2.05, 4.69) is 30.6 Å². The molecule has 1 nitrogen and oxygen atoms in total. The molecule has 0 saturated carbocycles. The van der Waals surface area contributed by atoms with E-state index in [0.29, 0.717) is 6.10 Å². The van der Waals surface area contributed by atoms with Crippen LogP contribution in [0.3, 0.4) is 0 Å². The van der Waals surface area contributed by atoms with Gasteiger partial charge in [-0.1, -0.05) is 13.8 Å². The minimum atomic E-state index is -0.179. The van der Waals surface area contributed by atoms with E-state index in [-0.39, 0.29) is 19.3 Å². The summed E-state index contributed by atoms with van der Waals surface area (Å²) in [5, 5.41) is 0. The molecular formula is C8H17Cl2LiMgO. The van der Waals surface area contributed by atoms with Crippen LogP contribution < -0.4 is 0 Å². The van der Waals surface area contributed by atoms with Crippen LogP contribution in [0.1, 0.15) is 33.6 Å². The monoisotopic (exact) mass is 230 g/mol. The fraction of sp³-hybridized carbons (Fsp3) is 1.00. The fourth-order valence-corrected chi connectivity index (χ4v) is 0.739. The molecule has 5 heteroatoms. The minimum absolute atomic E-state index is 0.179. The van der Waals surface area contributed by atoms with Crippen LogP contribution in [0.2, 0.25) is 4.05 Å². The van der Waals surface area contributed by atoms with Crippen LogP contribution in [0, 0.1) is 0 Å². The second-order valence-corrected chi connectivity index (χ2v) is 6.24. The van der Waals surface area contributed by atoms with E-state index in [1.54, 1.807) is 0 Å². The van der Waals surface area contributed by atoms with Crippen molar-refractivity contribution in [2.45, 2.75) is 43.8 Å². The van der Waals surface area contributed by atoms with Gasteiger partial charge in [0.2, 0.25) is 0 Å². The average molecular weight is 231 g/mol. The van der Waals surface area contributed by atoms with Gasteiger partial charge < -0.3 is 13.8 Å². The first-order valence-corrected chi connectivity index (χ1v) is 8.43. The van der Waals surface area contributed by atoms with E-state index in [1.807, 2.05) is 0 Å². The first-order chi connectivity index (χ1) is 6.16. The van der Waals surface area contributed by atoms with Gasteiger partial charge >= 0.3 is 45.8 Å². The van der Waals surface area contributed by atoms with Gasteiger partial charge in [0.15, 0.2) is 0 Å². The number of hydrogen-bond acceptors (Lipinski definition) is 1. The van der Waals surface area contributed by atoms with Gasteiger partial charge in [0, 0.05) is 6.61 Å². The molecule has 1 atom stereocenters. The molecule has 1 fully saturated rings. The van der Waals surface area contributed by atoms with Crippen molar-refractivity contribution < 1.29 is 4.74 Å². The zero-order valence-electron chi connectivity index (χ0n) is 9.15. The molecule has 1 aliphatic rings. The van der Waals surface area contributed by atoms with Gasteiger partial charge in [-0.25, -0.2) is 0 Å². The van der Waals surface area contributed by atoms with E-state index in [4.69, 9.17) is 13.8 Å². The van der Waals surface area contributed by atoms with E-state index in [1.165, 1.54) is 29.6 Å². The Labute approximate surface area is 109 Å². The fourth-order valence-electron chi connectivity index (χ4n) is 0.739. The summed E-state index contributed by atoms with van der Waals surface area (Å²) in [6, 6.07) is 0. The van der Waals surface area contributed by atoms with E-state index < -0.39 is 0 Å². The maximum absolute atomic E-state index is 5.48. The van der Waals surface area contributed by atoms with Gasteiger partial charge in [-0.15, -0.1) is 4.05 Å². The van der Waals surface area contributed by atoms with E-state index in [9.17, 15) is 0 Å². The number of rotatable bonds is 1. The standard InChI is InChI=1S/C5H10O.C3H7.2ClH.Li.Mg/c1-5-3-2-4-6-5;1-3-2;;;;/h5H,2-4H2,1H3;3H,1-2H3;2*1H;;/q;;;;2*+1/p-2. The van der Waals surface area contributed by atoms with Crippen molar-refractivity contribution in [1.82, 2.24) is 0 Å². The molecule has 1 unspecified atom stereocenters. The Bertz CT molecular complexity index is 90.2. The molecule has 0 amide bonds. The van der Waals surface area contributed by atoms with Crippen molar-refractivity contribution in [3.8, 4) is 0 Å². The third kappa shape index (κ3) is 16.6. The van der Waals surface area contributed by atoms with Crippen LogP contribution in [-0.4, -0.2) is 48.7 Å². The molecule has 1 saturated heterocycles. The van der Waals surface area contributed by atoms with Crippen LogP contribution in [0.25, 0.3) is 0 Å². The summed E-state index contributed by atoms with van der Waals surface area (Å²) in [4.78, 5) is 0. The van der Waals surface area contributed by atoms with Crippen LogP contribution in [0.15, 0.2) is 0 Å². The summed E-state index contributed by atoms with van der Waals surface area (Å²) >= 11 is 1.29. The number of ether oxygens (including phenoxy) is 1. The maximum atomic E-state index is 5.48. The summed E-state index contributed by atoms with van der Waals surface area (Å²) in [6.07, 6.45) is 3.08. The Kier molecular flexibility index (Phi) is 18.5. The predicted octanol–water partition coefficient (Wildman–Crippen LogP) is 3.17. The van der Waals surface area contributed by atoms with Crippen LogP contribution >= 0.6 is 18.9 Å². The first-order valence-electron chi connectivity index (χ1n) is 4.72. The van der Waals surface area contributed by atoms with Gasteiger partial charge in [0.05, 0.1) is 6.10 Å². The molecule has 0 aromatic heterocycles. The van der Waals surface area contributed by atoms with Crippen molar-refractivity contribution in [1.29, 1.82) is 0 Å². The molecule has 0 N–H and O–H groups in total. The molecule has 1 rings (SSSR count). The molecule has 0 aliphatic carbocycles. The summed E-state index contributed by atoms with van der Waals surface area (Å²) < 4.78 is 5.94. The molecule has 13 heavy (non-hydrogen) atoms. The quantitative estimate of drug-likeness (QED) is 0.630. The van der Waals surface area contributed by atoms with E-state index in [0.717, 1.165) is 10.7 Å². The van der Waals surface area contributed by atoms with Gasteiger partial charge in [0.25, 0.3) is 0 Å². The second-order valence-electron chi connectivity index (χ2n) is 3.37. The van der Waals surface area contributed by atoms with Crippen molar-refractivity contribution in [3.05, 3.63) is 0 Å². The predicted molar refractivity (Wildman–Crippen MR) is 63.0 cm³/mol. The Hall–Kier alpha value is 1.90. The van der Waals surface area contributed by atoms with Crippen molar-refractivity contribution >= 4 is 54.9 Å². The SMILES string of the molecule is CC1CCCO1.C[CH](C)[Mg][Cl].[Li][Cl]. The molecule has 1 heterocycles. The van der Waals surface area contributed by atoms with Gasteiger partial charge in [-0.3, -0.25) is 0 Å². The molecule has 1 aliphatic heterocycles. The third-order valence-corrected chi connectivity index (χ3v) is 3.93. The molecular weight excluding hydrogens is 214 g/mol. The summed E-state index contributed by atoms with van der Waals surface area (Å²) in [7, 11) is 10.1. The van der Waals surface area contributed by atoms with Crippen LogP contribution in [-0.2, 0) is 4.74 Å². The zero-order valence-corrected chi connectivity index (χ0v) is 12.1. The summed E-state index contributed by atoms with van der Waals surface area (Å²) in [6.45, 7) is 7.41. The summed E-state index contributed by atoms with van der Waals surface area (Å²) in [5.74, 6) is 0. The van der Waals surface area contributed by atoms with Crippen molar-refractivity contribution in [2.75, 3.05) is 6.61 Å². The Balaban J connectivity index is 0. The molecule has 0 aromatic carbocycles. The van der Waals surface area contributed by atoms with Crippen LogP contribution in [0.4, 0.5) is 0 Å². The normalized spacial score (nSPS) is 19.5. The van der Waals surface area contributed by atoms with Gasteiger partial charge in [0.1, 0.15) is 0 Å². The average Bonchev–Trinajstić information content (AvgIpc) is 2.60. The molecule has 0 bridgehead atoms. The number of hydrogen-bond donors (Lipinski definition) is 0. The molecule has 0 spiro atoms. The number of halogens is 2. The van der Waals surface area contributed by atoms with Crippen molar-refractivity contribution in [2.24, 2.45) is 0 Å². The van der Waals surface area contributed by atoms with E-state index >= 15 is 0 Å². The first kappa shape index (κ1) is 17.3. The Morgan fingerprint density at radius 3 is 2.00 bits per heavy atom. The second kappa shape index (κ2) is 13.9. The topological polar surface area (TPSA) is 9.23 Å². The summed E-state index contributed by atoms with van der Waals surface area (Å²) in [5.41, 5.74) is 0. The third-order valence-electron chi connectivity index (χ3n) is 1.47.